The van der Waals surface area contributed by atoms with Gasteiger partial charge in [-0.3, -0.25) is 19.4 Å². The van der Waals surface area contributed by atoms with Crippen LogP contribution in [0.15, 0.2) is 4.99 Å². The van der Waals surface area contributed by atoms with Crippen molar-refractivity contribution in [1.82, 2.24) is 15.5 Å². The maximum absolute atomic E-state index is 13.3. The van der Waals surface area contributed by atoms with Gasteiger partial charge in [0.15, 0.2) is 5.96 Å². The van der Waals surface area contributed by atoms with Gasteiger partial charge in [0.1, 0.15) is 18.1 Å². The molecule has 14 heteroatoms. The number of thioether (sulfide) groups is 1. The number of nitrogens with two attached hydrogens (primary N) is 3. The van der Waals surface area contributed by atoms with Gasteiger partial charge in [-0.1, -0.05) is 0 Å². The number of likely N-dealkylation sites (tertiary alicyclic amines) is 1. The number of hydrogen-bond acceptors (Lipinski definition) is 8. The smallest absolute Gasteiger partial charge is 0.327 e. The number of carboxylic acid groups (broad SMARTS) is 1. The number of nitrogens with one attached hydrogen (secondary N) is 2. The lowest BCUT2D eigenvalue weighted by molar-refractivity contribution is -0.144. The average molecular weight is 506 g/mol. The summed E-state index contributed by atoms with van der Waals surface area (Å²) in [6, 6.07) is -3.68. The van der Waals surface area contributed by atoms with E-state index in [2.05, 4.69) is 28.3 Å². The Morgan fingerprint density at radius 3 is 2.48 bits per heavy atom. The van der Waals surface area contributed by atoms with Crippen molar-refractivity contribution in [2.24, 2.45) is 22.2 Å². The number of guanidine groups is 1. The van der Waals surface area contributed by atoms with E-state index >= 15 is 0 Å². The first-order valence-corrected chi connectivity index (χ1v) is 12.7. The fourth-order valence-corrected chi connectivity index (χ4v) is 4.11. The quantitative estimate of drug-likeness (QED) is 0.0608. The highest BCUT2D eigenvalue weighted by atomic mass is 32.2. The van der Waals surface area contributed by atoms with Gasteiger partial charge in [0.2, 0.25) is 17.7 Å². The zero-order valence-corrected chi connectivity index (χ0v) is 20.4. The number of hydrogen-bond donors (Lipinski definition) is 7. The van der Waals surface area contributed by atoms with Crippen molar-refractivity contribution in [1.29, 1.82) is 0 Å². The minimum atomic E-state index is -1.21. The molecule has 1 fully saturated rings. The fourth-order valence-electron chi connectivity index (χ4n) is 3.37. The third-order valence-corrected chi connectivity index (χ3v) is 6.17. The molecular weight excluding hydrogens is 470 g/mol. The molecular formula is C19H35N7O5S2. The van der Waals surface area contributed by atoms with Gasteiger partial charge in [-0.15, -0.1) is 0 Å². The molecule has 1 aliphatic rings. The number of rotatable bonds is 14. The Morgan fingerprint density at radius 2 is 1.91 bits per heavy atom. The molecule has 0 aromatic carbocycles. The molecule has 4 atom stereocenters. The molecule has 0 aromatic heterocycles. The number of carbonyl (C=O) groups excluding carboxylic acids is 3. The van der Waals surface area contributed by atoms with Gasteiger partial charge in [-0.05, 0) is 44.1 Å². The van der Waals surface area contributed by atoms with Crippen molar-refractivity contribution in [3.8, 4) is 0 Å². The van der Waals surface area contributed by atoms with Crippen molar-refractivity contribution in [3.05, 3.63) is 0 Å². The zero-order chi connectivity index (χ0) is 25.0. The maximum atomic E-state index is 13.3. The van der Waals surface area contributed by atoms with Crippen LogP contribution in [-0.4, -0.2) is 94.7 Å². The van der Waals surface area contributed by atoms with Crippen LogP contribution in [0.1, 0.15) is 32.1 Å². The van der Waals surface area contributed by atoms with Gasteiger partial charge >= 0.3 is 5.97 Å². The summed E-state index contributed by atoms with van der Waals surface area (Å²) in [5, 5.41) is 14.3. The van der Waals surface area contributed by atoms with Crippen molar-refractivity contribution in [2.45, 2.75) is 56.3 Å². The molecule has 1 aliphatic heterocycles. The average Bonchev–Trinajstić information content (AvgIpc) is 3.26. The van der Waals surface area contributed by atoms with Gasteiger partial charge in [0.25, 0.3) is 0 Å². The highest BCUT2D eigenvalue weighted by Crippen LogP contribution is 2.20. The third-order valence-electron chi connectivity index (χ3n) is 5.17. The van der Waals surface area contributed by atoms with Crippen LogP contribution >= 0.6 is 24.4 Å². The molecule has 1 heterocycles. The van der Waals surface area contributed by atoms with Gasteiger partial charge < -0.3 is 37.8 Å². The lowest BCUT2D eigenvalue weighted by atomic mass is 10.1. The predicted octanol–water partition coefficient (Wildman–Crippen LogP) is -1.90. The molecule has 0 aromatic rings. The number of aliphatic imine (C=N–C) groups is 1. The highest BCUT2D eigenvalue weighted by molar-refractivity contribution is 7.98. The summed E-state index contributed by atoms with van der Waals surface area (Å²) >= 11 is 5.50. The van der Waals surface area contributed by atoms with E-state index in [0.29, 0.717) is 38.0 Å². The molecule has 33 heavy (non-hydrogen) atoms. The predicted molar refractivity (Wildman–Crippen MR) is 131 cm³/mol. The Labute approximate surface area is 203 Å². The summed E-state index contributed by atoms with van der Waals surface area (Å²) in [6.45, 7) is 0.584. The first-order chi connectivity index (χ1) is 15.6. The Hall–Kier alpha value is -2.19. The van der Waals surface area contributed by atoms with E-state index in [1.165, 1.54) is 4.90 Å². The second kappa shape index (κ2) is 14.9. The Morgan fingerprint density at radius 1 is 1.21 bits per heavy atom. The van der Waals surface area contributed by atoms with Crippen LogP contribution in [0.5, 0.6) is 0 Å². The number of nitrogens with zero attached hydrogens (tertiary/aromatic N) is 2. The molecule has 3 amide bonds. The molecule has 188 valence electrons. The standard InChI is InChI=1S/C19H35N7O5S2/c1-33-9-6-11(20)15(27)24-12(4-2-7-23-19(21)22)17(29)26-8-3-5-14(26)16(28)25-13(10-32)18(30)31/h11-14,32H,2-10,20H2,1H3,(H,24,27)(H,25,28)(H,30,31)(H4,21,22,23). The van der Waals surface area contributed by atoms with Crippen molar-refractivity contribution < 1.29 is 24.3 Å². The van der Waals surface area contributed by atoms with E-state index in [1.807, 2.05) is 6.26 Å². The molecule has 0 bridgehead atoms. The number of carboxylic acids is 1. The number of carbonyl (C=O) groups is 4. The van der Waals surface area contributed by atoms with E-state index in [-0.39, 0.29) is 24.7 Å². The first kappa shape index (κ1) is 28.8. The second-order valence-corrected chi connectivity index (χ2v) is 9.02. The molecule has 12 nitrogen and oxygen atoms in total. The largest absolute Gasteiger partial charge is 0.480 e. The van der Waals surface area contributed by atoms with Crippen molar-refractivity contribution in [2.75, 3.05) is 30.9 Å². The lowest BCUT2D eigenvalue weighted by Gasteiger charge is -2.30. The highest BCUT2D eigenvalue weighted by Gasteiger charge is 2.38. The van der Waals surface area contributed by atoms with Crippen LogP contribution in [-0.2, 0) is 19.2 Å². The van der Waals surface area contributed by atoms with Crippen molar-refractivity contribution in [3.63, 3.8) is 0 Å². The molecule has 0 radical (unpaired) electrons. The van der Waals surface area contributed by atoms with Crippen LogP contribution in [0.25, 0.3) is 0 Å². The fraction of sp³-hybridized carbons (Fsp3) is 0.737. The molecule has 4 unspecified atom stereocenters. The van der Waals surface area contributed by atoms with Gasteiger partial charge in [-0.25, -0.2) is 4.79 Å². The molecule has 0 aliphatic carbocycles. The van der Waals surface area contributed by atoms with Gasteiger partial charge in [0, 0.05) is 18.8 Å². The van der Waals surface area contributed by atoms with E-state index in [1.54, 1.807) is 11.8 Å². The third kappa shape index (κ3) is 9.68. The molecule has 0 spiro atoms. The zero-order valence-electron chi connectivity index (χ0n) is 18.7. The summed E-state index contributed by atoms with van der Waals surface area (Å²) in [4.78, 5) is 55.1. The Bertz CT molecular complexity index is 721. The number of aliphatic carboxylic acids is 1. The Kier molecular flexibility index (Phi) is 13.0. The lowest BCUT2D eigenvalue weighted by Crippen LogP contribution is -2.57. The summed E-state index contributed by atoms with van der Waals surface area (Å²) in [7, 11) is 0. The number of thiol groups is 1. The molecule has 1 rings (SSSR count). The molecule has 9 N–H and O–H groups in total. The van der Waals surface area contributed by atoms with Crippen LogP contribution in [0.4, 0.5) is 0 Å². The molecule has 1 saturated heterocycles. The van der Waals surface area contributed by atoms with Crippen LogP contribution in [0.2, 0.25) is 0 Å². The van der Waals surface area contributed by atoms with Crippen LogP contribution in [0, 0.1) is 0 Å². The maximum Gasteiger partial charge on any atom is 0.327 e. The first-order valence-electron chi connectivity index (χ1n) is 10.7. The summed E-state index contributed by atoms with van der Waals surface area (Å²) in [6.07, 6.45) is 3.98. The minimum absolute atomic E-state index is 0.0746. The normalized spacial score (nSPS) is 18.2. The van der Waals surface area contributed by atoms with Crippen molar-refractivity contribution >= 4 is 54.0 Å². The van der Waals surface area contributed by atoms with Crippen LogP contribution < -0.4 is 27.8 Å². The van der Waals surface area contributed by atoms with Crippen LogP contribution in [0.3, 0.4) is 0 Å². The van der Waals surface area contributed by atoms with E-state index in [9.17, 15) is 19.2 Å². The summed E-state index contributed by atoms with van der Waals surface area (Å²) in [5.41, 5.74) is 16.6. The number of amides is 3. The van der Waals surface area contributed by atoms with E-state index < -0.39 is 47.9 Å². The minimum Gasteiger partial charge on any atom is -0.480 e. The van der Waals surface area contributed by atoms with Gasteiger partial charge in [-0.2, -0.15) is 24.4 Å². The topological polar surface area (TPSA) is 206 Å². The monoisotopic (exact) mass is 505 g/mol. The summed E-state index contributed by atoms with van der Waals surface area (Å²) < 4.78 is 0. The second-order valence-electron chi connectivity index (χ2n) is 7.67. The van der Waals surface area contributed by atoms with Gasteiger partial charge in [0.05, 0.1) is 6.04 Å². The van der Waals surface area contributed by atoms with E-state index in [4.69, 9.17) is 22.3 Å². The van der Waals surface area contributed by atoms with E-state index in [0.717, 1.165) is 0 Å². The summed E-state index contributed by atoms with van der Waals surface area (Å²) in [5.74, 6) is -2.12. The SMILES string of the molecule is CSCCC(N)C(=O)NC(CCCN=C(N)N)C(=O)N1CCCC1C(=O)NC(CS)C(=O)O. The Balaban J connectivity index is 2.93. The molecule has 0 saturated carbocycles.